The van der Waals surface area contributed by atoms with Crippen molar-refractivity contribution < 1.29 is 40.6 Å². The van der Waals surface area contributed by atoms with Crippen LogP contribution in [0.4, 0.5) is 26.3 Å². The molecule has 39 heavy (non-hydrogen) atoms. The van der Waals surface area contributed by atoms with Crippen molar-refractivity contribution in [3.05, 3.63) is 89.0 Å². The molecule has 3 aromatic rings. The first-order valence-corrected chi connectivity index (χ1v) is 12.9. The van der Waals surface area contributed by atoms with Gasteiger partial charge in [0.25, 0.3) is 0 Å². The summed E-state index contributed by atoms with van der Waals surface area (Å²) in [6.07, 6.45) is -2.70. The largest absolute Gasteiger partial charge is 0.432 e. The summed E-state index contributed by atoms with van der Waals surface area (Å²) in [5.74, 6) is -7.07. The van der Waals surface area contributed by atoms with Crippen molar-refractivity contribution in [3.8, 4) is 16.9 Å². The van der Waals surface area contributed by atoms with Gasteiger partial charge in [-0.15, -0.1) is 0 Å². The lowest BCUT2D eigenvalue weighted by Gasteiger charge is -2.39. The van der Waals surface area contributed by atoms with Crippen molar-refractivity contribution in [1.29, 1.82) is 0 Å². The zero-order valence-corrected chi connectivity index (χ0v) is 21.2. The lowest BCUT2D eigenvalue weighted by atomic mass is 9.80. The minimum atomic E-state index is -3.56. The quantitative estimate of drug-likeness (QED) is 0.229. The first-order chi connectivity index (χ1) is 18.6. The number of benzene rings is 3. The Hall–Kier alpha value is -3.04. The van der Waals surface area contributed by atoms with E-state index in [-0.39, 0.29) is 35.8 Å². The van der Waals surface area contributed by atoms with Crippen molar-refractivity contribution in [3.63, 3.8) is 0 Å². The molecule has 3 nitrogen and oxygen atoms in total. The van der Waals surface area contributed by atoms with Gasteiger partial charge in [0, 0.05) is 23.5 Å². The smallest absolute Gasteiger partial charge is 0.400 e. The number of rotatable bonds is 6. The van der Waals surface area contributed by atoms with Crippen LogP contribution in [0.2, 0.25) is 0 Å². The lowest BCUT2D eigenvalue weighted by Crippen LogP contribution is -2.41. The van der Waals surface area contributed by atoms with Gasteiger partial charge >= 0.3 is 6.11 Å². The molecule has 0 radical (unpaired) electrons. The van der Waals surface area contributed by atoms with Crippen molar-refractivity contribution >= 4 is 0 Å². The number of halogens is 6. The van der Waals surface area contributed by atoms with Crippen LogP contribution in [-0.2, 0) is 9.47 Å². The molecule has 0 bridgehead atoms. The molecule has 3 aromatic carbocycles. The van der Waals surface area contributed by atoms with Crippen LogP contribution in [0.1, 0.15) is 42.7 Å². The lowest BCUT2D eigenvalue weighted by molar-refractivity contribution is -0.242. The Kier molecular flexibility index (Phi) is 7.91. The summed E-state index contributed by atoms with van der Waals surface area (Å²) in [4.78, 5) is 0. The van der Waals surface area contributed by atoms with Crippen LogP contribution in [0, 0.1) is 42.0 Å². The molecule has 0 spiro atoms. The number of ether oxygens (including phenoxy) is 3. The highest BCUT2D eigenvalue weighted by Gasteiger charge is 2.45. The van der Waals surface area contributed by atoms with Crippen LogP contribution in [0.5, 0.6) is 5.75 Å². The monoisotopic (exact) mass is 550 g/mol. The fraction of sp³-hybridized carbons (Fsp3) is 0.400. The van der Waals surface area contributed by atoms with E-state index in [9.17, 15) is 26.3 Å². The van der Waals surface area contributed by atoms with Gasteiger partial charge in [-0.1, -0.05) is 29.8 Å². The molecule has 1 heterocycles. The third kappa shape index (κ3) is 6.09. The maximum atomic E-state index is 15.0. The second kappa shape index (κ2) is 11.2. The van der Waals surface area contributed by atoms with E-state index in [2.05, 4.69) is 12.1 Å². The first-order valence-electron chi connectivity index (χ1n) is 12.9. The summed E-state index contributed by atoms with van der Waals surface area (Å²) >= 11 is 0. The predicted octanol–water partition coefficient (Wildman–Crippen LogP) is 8.15. The highest BCUT2D eigenvalue weighted by Crippen LogP contribution is 2.43. The molecule has 0 atom stereocenters. The Balaban J connectivity index is 1.15. The maximum absolute atomic E-state index is 15.0. The van der Waals surface area contributed by atoms with Gasteiger partial charge in [-0.2, -0.15) is 8.78 Å². The number of alkyl halides is 2. The average molecular weight is 551 g/mol. The van der Waals surface area contributed by atoms with Gasteiger partial charge < -0.3 is 14.2 Å². The van der Waals surface area contributed by atoms with Crippen LogP contribution in [-0.4, -0.2) is 25.6 Å². The molecule has 1 saturated carbocycles. The van der Waals surface area contributed by atoms with E-state index in [1.165, 1.54) is 5.56 Å². The molecular weight excluding hydrogens is 522 g/mol. The summed E-state index contributed by atoms with van der Waals surface area (Å²) in [7, 11) is 0. The van der Waals surface area contributed by atoms with Crippen molar-refractivity contribution in [2.24, 2.45) is 11.8 Å². The second-order valence-electron chi connectivity index (χ2n) is 10.3. The molecule has 9 heteroatoms. The van der Waals surface area contributed by atoms with Crippen molar-refractivity contribution in [2.75, 3.05) is 13.2 Å². The Morgan fingerprint density at radius 3 is 1.97 bits per heavy atom. The molecule has 5 rings (SSSR count). The zero-order valence-electron chi connectivity index (χ0n) is 21.2. The summed E-state index contributed by atoms with van der Waals surface area (Å²) in [5, 5.41) is 0. The maximum Gasteiger partial charge on any atom is 0.400 e. The van der Waals surface area contributed by atoms with Gasteiger partial charge in [0.1, 0.15) is 11.6 Å². The summed E-state index contributed by atoms with van der Waals surface area (Å²) in [5.41, 5.74) is 1.77. The van der Waals surface area contributed by atoms with Crippen molar-refractivity contribution in [1.82, 2.24) is 0 Å². The molecular formula is C30H28F6O3. The van der Waals surface area contributed by atoms with Crippen LogP contribution in [0.15, 0.2) is 54.6 Å². The third-order valence-electron chi connectivity index (χ3n) is 7.59. The Labute approximate surface area is 222 Å². The number of aryl methyl sites for hydroxylation is 1. The molecule has 208 valence electrons. The third-order valence-corrected chi connectivity index (χ3v) is 7.59. The molecule has 1 aliphatic heterocycles. The van der Waals surface area contributed by atoms with Crippen LogP contribution < -0.4 is 4.74 Å². The highest BCUT2D eigenvalue weighted by atomic mass is 19.3. The normalized spacial score (nSPS) is 24.0. The number of hydrogen-bond donors (Lipinski definition) is 0. The molecule has 0 amide bonds. The van der Waals surface area contributed by atoms with Gasteiger partial charge in [0.15, 0.2) is 23.7 Å². The van der Waals surface area contributed by atoms with E-state index in [0.717, 1.165) is 23.8 Å². The minimum Gasteiger partial charge on any atom is -0.432 e. The van der Waals surface area contributed by atoms with Gasteiger partial charge in [0.05, 0.1) is 19.1 Å². The van der Waals surface area contributed by atoms with Crippen LogP contribution in [0.25, 0.3) is 11.1 Å². The van der Waals surface area contributed by atoms with Crippen LogP contribution in [0.3, 0.4) is 0 Å². The molecule has 1 saturated heterocycles. The van der Waals surface area contributed by atoms with E-state index >= 15 is 0 Å². The summed E-state index contributed by atoms with van der Waals surface area (Å²) < 4.78 is 102. The van der Waals surface area contributed by atoms with E-state index in [4.69, 9.17) is 14.2 Å². The Morgan fingerprint density at radius 2 is 1.38 bits per heavy atom. The molecule has 2 fully saturated rings. The fourth-order valence-electron chi connectivity index (χ4n) is 5.29. The molecule has 2 aliphatic rings. The summed E-state index contributed by atoms with van der Waals surface area (Å²) in [6, 6.07) is 12.3. The first kappa shape index (κ1) is 27.5. The zero-order chi connectivity index (χ0) is 27.7. The molecule has 0 aromatic heterocycles. The Bertz CT molecular complexity index is 1270. The Morgan fingerprint density at radius 1 is 0.769 bits per heavy atom. The van der Waals surface area contributed by atoms with E-state index in [0.29, 0.717) is 38.2 Å². The van der Waals surface area contributed by atoms with Gasteiger partial charge in [-0.25, -0.2) is 17.6 Å². The highest BCUT2D eigenvalue weighted by molar-refractivity contribution is 5.65. The average Bonchev–Trinajstić information content (AvgIpc) is 2.92. The van der Waals surface area contributed by atoms with Gasteiger partial charge in [-0.05, 0) is 68.0 Å². The topological polar surface area (TPSA) is 27.7 Å². The predicted molar refractivity (Wildman–Crippen MR) is 132 cm³/mol. The molecule has 0 unspecified atom stereocenters. The minimum absolute atomic E-state index is 0.00996. The van der Waals surface area contributed by atoms with Gasteiger partial charge in [-0.3, -0.25) is 0 Å². The van der Waals surface area contributed by atoms with Crippen molar-refractivity contribution in [2.45, 2.75) is 50.9 Å². The number of hydrogen-bond acceptors (Lipinski definition) is 3. The van der Waals surface area contributed by atoms with Crippen LogP contribution >= 0.6 is 0 Å². The van der Waals surface area contributed by atoms with Gasteiger partial charge in [0.2, 0.25) is 0 Å². The molecule has 0 N–H and O–H groups in total. The fourth-order valence-corrected chi connectivity index (χ4v) is 5.29. The standard InChI is InChI=1S/C30H28F6O3/c1-17-2-4-18(5-3-17)21-15-37-29(38-16-21)19-6-8-22(9-7-19)30(35,36)39-23-10-11-24(25(31)14-23)20-12-26(32)28(34)27(33)13-20/h2-5,10-14,19,21-22,29H,6-9,15-16H2,1H3. The molecule has 1 aliphatic carbocycles. The van der Waals surface area contributed by atoms with E-state index in [1.807, 2.05) is 19.1 Å². The van der Waals surface area contributed by atoms with E-state index in [1.54, 1.807) is 0 Å². The summed E-state index contributed by atoms with van der Waals surface area (Å²) in [6.45, 7) is 3.03. The SMILES string of the molecule is Cc1ccc(C2COC(C3CCC(C(F)(F)Oc4ccc(-c5cc(F)c(F)c(F)c5)c(F)c4)CC3)OC2)cc1. The second-order valence-corrected chi connectivity index (χ2v) is 10.3. The van der Waals surface area contributed by atoms with E-state index < -0.39 is 47.3 Å².